The van der Waals surface area contributed by atoms with Gasteiger partial charge < -0.3 is 10.1 Å². The van der Waals surface area contributed by atoms with Gasteiger partial charge in [0.25, 0.3) is 0 Å². The minimum atomic E-state index is 0.311. The Hall–Kier alpha value is -1.79. The molecule has 2 aromatic heterocycles. The molecule has 116 valence electrons. The zero-order valence-corrected chi connectivity index (χ0v) is 12.8. The Balaban J connectivity index is 1.66. The van der Waals surface area contributed by atoms with Crippen molar-refractivity contribution in [3.05, 3.63) is 35.5 Å². The maximum Gasteiger partial charge on any atom is 0.156 e. The van der Waals surface area contributed by atoms with E-state index in [0.717, 1.165) is 49.3 Å². The maximum absolute atomic E-state index is 5.47. The lowest BCUT2D eigenvalue weighted by molar-refractivity contribution is 0.193. The van der Waals surface area contributed by atoms with Crippen LogP contribution in [0.25, 0.3) is 5.82 Å². The Morgan fingerprint density at radius 1 is 1.27 bits per heavy atom. The van der Waals surface area contributed by atoms with E-state index >= 15 is 0 Å². The maximum atomic E-state index is 5.47. The van der Waals surface area contributed by atoms with Gasteiger partial charge in [-0.1, -0.05) is 6.07 Å². The predicted octanol–water partition coefficient (Wildman–Crippen LogP) is 1.73. The van der Waals surface area contributed by atoms with Gasteiger partial charge in [-0.05, 0) is 38.3 Å². The normalized spacial score (nSPS) is 21.4. The second-order valence-electron chi connectivity index (χ2n) is 6.15. The number of aryl methyl sites for hydroxylation is 1. The van der Waals surface area contributed by atoms with Crippen LogP contribution in [0.15, 0.2) is 18.2 Å². The molecule has 1 N–H and O–H groups in total. The summed E-state index contributed by atoms with van der Waals surface area (Å²) >= 11 is 0. The number of hydrogen-bond donors (Lipinski definition) is 1. The number of rotatable bonds is 5. The van der Waals surface area contributed by atoms with Crippen molar-refractivity contribution >= 4 is 0 Å². The van der Waals surface area contributed by atoms with Gasteiger partial charge >= 0.3 is 0 Å². The molecule has 1 saturated carbocycles. The van der Waals surface area contributed by atoms with E-state index in [1.807, 2.05) is 29.8 Å². The van der Waals surface area contributed by atoms with Gasteiger partial charge in [0.15, 0.2) is 11.6 Å². The summed E-state index contributed by atoms with van der Waals surface area (Å²) < 4.78 is 7.36. The van der Waals surface area contributed by atoms with Crippen LogP contribution < -0.4 is 5.32 Å². The van der Waals surface area contributed by atoms with E-state index in [2.05, 4.69) is 10.3 Å². The largest absolute Gasteiger partial charge is 0.381 e. The second-order valence-corrected chi connectivity index (χ2v) is 6.15. The van der Waals surface area contributed by atoms with Gasteiger partial charge in [0, 0.05) is 24.3 Å². The van der Waals surface area contributed by atoms with E-state index in [-0.39, 0.29) is 0 Å². The van der Waals surface area contributed by atoms with E-state index in [9.17, 15) is 0 Å². The first-order valence-corrected chi connectivity index (χ1v) is 8.00. The molecule has 1 atom stereocenters. The van der Waals surface area contributed by atoms with E-state index in [4.69, 9.17) is 14.8 Å². The highest BCUT2D eigenvalue weighted by atomic mass is 16.5. The molecule has 6 nitrogen and oxygen atoms in total. The van der Waals surface area contributed by atoms with Crippen LogP contribution in [-0.4, -0.2) is 39.0 Å². The molecule has 6 heteroatoms. The van der Waals surface area contributed by atoms with Gasteiger partial charge in [0.05, 0.1) is 13.2 Å². The number of aromatic nitrogens is 4. The lowest BCUT2D eigenvalue weighted by Crippen LogP contribution is -2.19. The lowest BCUT2D eigenvalue weighted by atomic mass is 10.1. The molecule has 0 radical (unpaired) electrons. The van der Waals surface area contributed by atoms with Crippen LogP contribution >= 0.6 is 0 Å². The molecule has 2 aliphatic rings. The smallest absolute Gasteiger partial charge is 0.156 e. The highest BCUT2D eigenvalue weighted by Gasteiger charge is 2.26. The molecule has 2 aromatic rings. The van der Waals surface area contributed by atoms with E-state index in [0.29, 0.717) is 12.0 Å². The van der Waals surface area contributed by atoms with Gasteiger partial charge in [0.2, 0.25) is 0 Å². The molecule has 1 aliphatic carbocycles. The molecule has 1 unspecified atom stereocenters. The Labute approximate surface area is 129 Å². The van der Waals surface area contributed by atoms with Crippen molar-refractivity contribution in [2.24, 2.45) is 0 Å². The van der Waals surface area contributed by atoms with Crippen molar-refractivity contribution in [1.82, 2.24) is 25.1 Å². The molecule has 0 bridgehead atoms. The number of hydrogen-bond acceptors (Lipinski definition) is 5. The summed E-state index contributed by atoms with van der Waals surface area (Å²) in [7, 11) is 0. The molecule has 4 rings (SSSR count). The third-order valence-corrected chi connectivity index (χ3v) is 4.20. The summed E-state index contributed by atoms with van der Waals surface area (Å²) in [6.07, 6.45) is 3.53. The Kier molecular flexibility index (Phi) is 3.63. The molecule has 1 aliphatic heterocycles. The SMILES string of the molecule is Cc1cccc(-n2nc(C3CCOC3)nc2CNC2CC2)n1. The van der Waals surface area contributed by atoms with E-state index < -0.39 is 0 Å². The number of nitrogens with one attached hydrogen (secondary N) is 1. The Bertz CT molecular complexity index is 658. The van der Waals surface area contributed by atoms with Gasteiger partial charge in [-0.3, -0.25) is 0 Å². The first kappa shape index (κ1) is 13.8. The molecular formula is C16H21N5O. The fourth-order valence-electron chi connectivity index (χ4n) is 2.74. The molecular weight excluding hydrogens is 278 g/mol. The van der Waals surface area contributed by atoms with Crippen LogP contribution in [0.1, 0.15) is 42.5 Å². The quantitative estimate of drug-likeness (QED) is 0.911. The first-order valence-electron chi connectivity index (χ1n) is 8.00. The first-order chi connectivity index (χ1) is 10.8. The third-order valence-electron chi connectivity index (χ3n) is 4.20. The molecule has 1 saturated heterocycles. The van der Waals surface area contributed by atoms with Crippen molar-refractivity contribution in [3.8, 4) is 5.82 Å². The highest BCUT2D eigenvalue weighted by molar-refractivity contribution is 5.25. The van der Waals surface area contributed by atoms with Crippen molar-refractivity contribution in [2.75, 3.05) is 13.2 Å². The van der Waals surface area contributed by atoms with Crippen LogP contribution in [0.4, 0.5) is 0 Å². The zero-order valence-electron chi connectivity index (χ0n) is 12.8. The van der Waals surface area contributed by atoms with Crippen LogP contribution in [0.2, 0.25) is 0 Å². The fraction of sp³-hybridized carbons (Fsp3) is 0.562. The third kappa shape index (κ3) is 2.89. The topological polar surface area (TPSA) is 64.9 Å². The number of ether oxygens (including phenoxy) is 1. The van der Waals surface area contributed by atoms with Gasteiger partial charge in [-0.15, -0.1) is 5.10 Å². The molecule has 0 spiro atoms. The van der Waals surface area contributed by atoms with Gasteiger partial charge in [-0.2, -0.15) is 4.68 Å². The van der Waals surface area contributed by atoms with Crippen molar-refractivity contribution in [2.45, 2.75) is 44.7 Å². The summed E-state index contributed by atoms with van der Waals surface area (Å²) in [5, 5.41) is 8.24. The molecule has 3 heterocycles. The summed E-state index contributed by atoms with van der Waals surface area (Å²) in [5.74, 6) is 2.97. The summed E-state index contributed by atoms with van der Waals surface area (Å²) in [6, 6.07) is 6.63. The standard InChI is InChI=1S/C16H21N5O/c1-11-3-2-4-14(18-11)21-15(9-17-13-5-6-13)19-16(20-21)12-7-8-22-10-12/h2-4,12-13,17H,5-10H2,1H3. The summed E-state index contributed by atoms with van der Waals surface area (Å²) in [4.78, 5) is 9.36. The van der Waals surface area contributed by atoms with Gasteiger partial charge in [-0.25, -0.2) is 9.97 Å². The predicted molar refractivity (Wildman–Crippen MR) is 81.9 cm³/mol. The zero-order chi connectivity index (χ0) is 14.9. The number of pyridine rings is 1. The van der Waals surface area contributed by atoms with E-state index in [1.165, 1.54) is 12.8 Å². The molecule has 0 aromatic carbocycles. The minimum Gasteiger partial charge on any atom is -0.381 e. The molecule has 0 amide bonds. The fourth-order valence-corrected chi connectivity index (χ4v) is 2.74. The van der Waals surface area contributed by atoms with Gasteiger partial charge in [0.1, 0.15) is 5.82 Å². The average molecular weight is 299 g/mol. The second kappa shape index (κ2) is 5.78. The van der Waals surface area contributed by atoms with Crippen molar-refractivity contribution in [1.29, 1.82) is 0 Å². The lowest BCUT2D eigenvalue weighted by Gasteiger charge is -2.06. The minimum absolute atomic E-state index is 0.311. The summed E-state index contributed by atoms with van der Waals surface area (Å²) in [6.45, 7) is 4.26. The highest BCUT2D eigenvalue weighted by Crippen LogP contribution is 2.24. The monoisotopic (exact) mass is 299 g/mol. The van der Waals surface area contributed by atoms with Crippen LogP contribution in [-0.2, 0) is 11.3 Å². The van der Waals surface area contributed by atoms with Crippen molar-refractivity contribution in [3.63, 3.8) is 0 Å². The number of nitrogens with zero attached hydrogens (tertiary/aromatic N) is 4. The molecule has 2 fully saturated rings. The van der Waals surface area contributed by atoms with Crippen molar-refractivity contribution < 1.29 is 4.74 Å². The summed E-state index contributed by atoms with van der Waals surface area (Å²) in [5.41, 5.74) is 0.986. The Morgan fingerprint density at radius 3 is 2.91 bits per heavy atom. The Morgan fingerprint density at radius 2 is 2.18 bits per heavy atom. The molecule has 22 heavy (non-hydrogen) atoms. The average Bonchev–Trinajstić information content (AvgIpc) is 3.02. The van der Waals surface area contributed by atoms with Crippen LogP contribution in [0, 0.1) is 6.92 Å². The van der Waals surface area contributed by atoms with E-state index in [1.54, 1.807) is 0 Å². The van der Waals surface area contributed by atoms with Crippen LogP contribution in [0.3, 0.4) is 0 Å². The van der Waals surface area contributed by atoms with Crippen LogP contribution in [0.5, 0.6) is 0 Å².